The molecule has 2 heteroatoms. The highest BCUT2D eigenvalue weighted by molar-refractivity contribution is 5.97. The minimum Gasteiger partial charge on any atom is -0.302 e. The first-order valence-electron chi connectivity index (χ1n) is 8.41. The van der Waals surface area contributed by atoms with E-state index in [-0.39, 0.29) is 0 Å². The molecule has 2 nitrogen and oxygen atoms in total. The summed E-state index contributed by atoms with van der Waals surface area (Å²) < 4.78 is 0. The lowest BCUT2D eigenvalue weighted by Gasteiger charge is -2.10. The molecular weight excluding hydrogens is 320 g/mol. The van der Waals surface area contributed by atoms with Crippen molar-refractivity contribution >= 4 is 23.7 Å². The van der Waals surface area contributed by atoms with Gasteiger partial charge in [-0.25, -0.2) is 0 Å². The maximum atomic E-state index is 11.5. The Hall–Kier alpha value is -3.48. The topological polar surface area (TPSA) is 34.1 Å². The molecule has 0 saturated carbocycles. The van der Waals surface area contributed by atoms with Crippen molar-refractivity contribution in [3.63, 3.8) is 0 Å². The van der Waals surface area contributed by atoms with Crippen LogP contribution in [-0.4, -0.2) is 12.6 Å². The molecule has 0 fully saturated rings. The summed E-state index contributed by atoms with van der Waals surface area (Å²) in [5, 5.41) is 0. The molecule has 3 aromatic rings. The predicted molar refractivity (Wildman–Crippen MR) is 104 cm³/mol. The SMILES string of the molecule is O=CC(C=O)C(=C=C(c1ccccc1)c1ccccc1)c1ccccc1. The van der Waals surface area contributed by atoms with E-state index in [0.29, 0.717) is 18.1 Å². The number of hydrogen-bond donors (Lipinski definition) is 0. The Morgan fingerprint density at radius 1 is 0.615 bits per heavy atom. The van der Waals surface area contributed by atoms with E-state index in [4.69, 9.17) is 0 Å². The Morgan fingerprint density at radius 2 is 1.00 bits per heavy atom. The number of rotatable bonds is 6. The van der Waals surface area contributed by atoms with Gasteiger partial charge in [-0.3, -0.25) is 0 Å². The zero-order chi connectivity index (χ0) is 18.2. The molecule has 0 atom stereocenters. The monoisotopic (exact) mass is 338 g/mol. The fourth-order valence-electron chi connectivity index (χ4n) is 2.79. The van der Waals surface area contributed by atoms with Crippen LogP contribution in [0.5, 0.6) is 0 Å². The van der Waals surface area contributed by atoms with Gasteiger partial charge in [0.15, 0.2) is 0 Å². The molecule has 0 radical (unpaired) electrons. The Kier molecular flexibility index (Phi) is 5.72. The predicted octanol–water partition coefficient (Wildman–Crippen LogP) is 4.81. The van der Waals surface area contributed by atoms with Gasteiger partial charge < -0.3 is 9.59 Å². The van der Waals surface area contributed by atoms with Crippen LogP contribution in [-0.2, 0) is 9.59 Å². The molecule has 26 heavy (non-hydrogen) atoms. The molecule has 126 valence electrons. The molecule has 3 rings (SSSR count). The summed E-state index contributed by atoms with van der Waals surface area (Å²) >= 11 is 0. The van der Waals surface area contributed by atoms with Gasteiger partial charge in [-0.05, 0) is 16.7 Å². The fourth-order valence-corrected chi connectivity index (χ4v) is 2.79. The molecule has 0 aromatic heterocycles. The van der Waals surface area contributed by atoms with Crippen molar-refractivity contribution in [1.29, 1.82) is 0 Å². The first kappa shape index (κ1) is 17.3. The van der Waals surface area contributed by atoms with Gasteiger partial charge in [0.05, 0.1) is 0 Å². The van der Waals surface area contributed by atoms with Crippen molar-refractivity contribution in [2.24, 2.45) is 5.92 Å². The average Bonchev–Trinajstić information content (AvgIpc) is 2.73. The van der Waals surface area contributed by atoms with Crippen LogP contribution in [0.3, 0.4) is 0 Å². The molecule has 0 aliphatic carbocycles. The van der Waals surface area contributed by atoms with Gasteiger partial charge in [0.1, 0.15) is 18.5 Å². The van der Waals surface area contributed by atoms with Crippen LogP contribution in [0.15, 0.2) is 96.7 Å². The van der Waals surface area contributed by atoms with Crippen LogP contribution in [0.25, 0.3) is 11.1 Å². The lowest BCUT2D eigenvalue weighted by molar-refractivity contribution is -0.117. The molecule has 0 saturated heterocycles. The Bertz CT molecular complexity index is 886. The van der Waals surface area contributed by atoms with Gasteiger partial charge >= 0.3 is 0 Å². The molecule has 0 spiro atoms. The minimum atomic E-state index is -0.861. The molecule has 0 heterocycles. The molecule has 0 aliphatic heterocycles. The van der Waals surface area contributed by atoms with Crippen LogP contribution >= 0.6 is 0 Å². The first-order valence-corrected chi connectivity index (χ1v) is 8.41. The van der Waals surface area contributed by atoms with E-state index in [1.54, 1.807) is 0 Å². The van der Waals surface area contributed by atoms with Crippen LogP contribution in [0.4, 0.5) is 0 Å². The van der Waals surface area contributed by atoms with Gasteiger partial charge in [-0.15, -0.1) is 5.73 Å². The first-order chi connectivity index (χ1) is 12.8. The molecule has 3 aromatic carbocycles. The minimum absolute atomic E-state index is 0.568. The second-order valence-electron chi connectivity index (χ2n) is 5.81. The normalized spacial score (nSPS) is 10.0. The molecule has 0 amide bonds. The third kappa shape index (κ3) is 3.94. The highest BCUT2D eigenvalue weighted by atomic mass is 16.1. The van der Waals surface area contributed by atoms with Crippen molar-refractivity contribution in [3.05, 3.63) is 113 Å². The summed E-state index contributed by atoms with van der Waals surface area (Å²) in [5.74, 6) is -0.861. The molecular formula is C24H18O2. The van der Waals surface area contributed by atoms with E-state index in [1.165, 1.54) is 0 Å². The van der Waals surface area contributed by atoms with Crippen molar-refractivity contribution in [2.75, 3.05) is 0 Å². The van der Waals surface area contributed by atoms with Crippen LogP contribution in [0.2, 0.25) is 0 Å². The van der Waals surface area contributed by atoms with Gasteiger partial charge in [-0.2, -0.15) is 0 Å². The second kappa shape index (κ2) is 8.57. The van der Waals surface area contributed by atoms with Crippen LogP contribution < -0.4 is 0 Å². The number of aldehydes is 2. The van der Waals surface area contributed by atoms with E-state index in [1.807, 2.05) is 91.0 Å². The number of carbonyl (C=O) groups excluding carboxylic acids is 2. The summed E-state index contributed by atoms with van der Waals surface area (Å²) in [6, 6.07) is 29.1. The third-order valence-electron chi connectivity index (χ3n) is 4.10. The Morgan fingerprint density at radius 3 is 1.38 bits per heavy atom. The lowest BCUT2D eigenvalue weighted by atomic mass is 9.91. The van der Waals surface area contributed by atoms with Gasteiger partial charge in [0, 0.05) is 11.1 Å². The van der Waals surface area contributed by atoms with E-state index < -0.39 is 5.92 Å². The zero-order valence-electron chi connectivity index (χ0n) is 14.2. The van der Waals surface area contributed by atoms with Crippen molar-refractivity contribution < 1.29 is 9.59 Å². The van der Waals surface area contributed by atoms with Gasteiger partial charge in [0.25, 0.3) is 0 Å². The number of benzene rings is 3. The highest BCUT2D eigenvalue weighted by Gasteiger charge is 2.15. The number of carbonyl (C=O) groups is 2. The van der Waals surface area contributed by atoms with Crippen LogP contribution in [0.1, 0.15) is 16.7 Å². The molecule has 0 bridgehead atoms. The largest absolute Gasteiger partial charge is 0.302 e. The summed E-state index contributed by atoms with van der Waals surface area (Å²) in [7, 11) is 0. The van der Waals surface area contributed by atoms with Crippen molar-refractivity contribution in [3.8, 4) is 0 Å². The summed E-state index contributed by atoms with van der Waals surface area (Å²) in [4.78, 5) is 23.0. The molecule has 0 aliphatic rings. The van der Waals surface area contributed by atoms with E-state index >= 15 is 0 Å². The number of allylic oxidation sites excluding steroid dienone is 1. The van der Waals surface area contributed by atoms with E-state index in [2.05, 4.69) is 5.73 Å². The van der Waals surface area contributed by atoms with E-state index in [9.17, 15) is 9.59 Å². The summed E-state index contributed by atoms with van der Waals surface area (Å²) in [5.41, 5.74) is 7.55. The standard InChI is InChI=1S/C24H18O2/c25-17-22(18-26)24(21-14-8-3-9-15-21)16-23(19-10-4-1-5-11-19)20-12-6-2-7-13-20/h1-15,17-18,22H. The smallest absolute Gasteiger partial charge is 0.135 e. The quantitative estimate of drug-likeness (QED) is 0.367. The zero-order valence-corrected chi connectivity index (χ0v) is 14.2. The summed E-state index contributed by atoms with van der Waals surface area (Å²) in [6.45, 7) is 0. The van der Waals surface area contributed by atoms with Gasteiger partial charge in [0.2, 0.25) is 0 Å². The Balaban J connectivity index is 2.34. The molecule has 0 N–H and O–H groups in total. The third-order valence-corrected chi connectivity index (χ3v) is 4.10. The molecule has 0 unspecified atom stereocenters. The Labute approximate surface area is 153 Å². The number of hydrogen-bond acceptors (Lipinski definition) is 2. The average molecular weight is 338 g/mol. The second-order valence-corrected chi connectivity index (χ2v) is 5.81. The van der Waals surface area contributed by atoms with Crippen LogP contribution in [0, 0.1) is 5.92 Å². The highest BCUT2D eigenvalue weighted by Crippen LogP contribution is 2.27. The summed E-state index contributed by atoms with van der Waals surface area (Å²) in [6.07, 6.45) is 1.33. The maximum absolute atomic E-state index is 11.5. The van der Waals surface area contributed by atoms with Crippen molar-refractivity contribution in [2.45, 2.75) is 0 Å². The fraction of sp³-hybridized carbons (Fsp3) is 0.0417. The van der Waals surface area contributed by atoms with Crippen molar-refractivity contribution in [1.82, 2.24) is 0 Å². The maximum Gasteiger partial charge on any atom is 0.135 e. The van der Waals surface area contributed by atoms with E-state index in [0.717, 1.165) is 22.3 Å². The lowest BCUT2D eigenvalue weighted by Crippen LogP contribution is -2.06. The van der Waals surface area contributed by atoms with Gasteiger partial charge in [-0.1, -0.05) is 91.0 Å².